The van der Waals surface area contributed by atoms with Crippen molar-refractivity contribution in [3.8, 4) is 0 Å². The minimum atomic E-state index is 0.135. The number of likely N-dealkylation sites (tertiary alicyclic amines) is 1. The highest BCUT2D eigenvalue weighted by molar-refractivity contribution is 5.86. The van der Waals surface area contributed by atoms with Crippen molar-refractivity contribution in [1.29, 1.82) is 0 Å². The van der Waals surface area contributed by atoms with Gasteiger partial charge in [0.2, 0.25) is 5.91 Å². The topological polar surface area (TPSA) is 82.1 Å². The van der Waals surface area contributed by atoms with Gasteiger partial charge in [-0.3, -0.25) is 4.79 Å². The number of hydrogen-bond acceptors (Lipinski definition) is 5. The molecule has 1 amide bonds. The highest BCUT2D eigenvalue weighted by Crippen LogP contribution is 2.17. The van der Waals surface area contributed by atoms with E-state index in [4.69, 9.17) is 4.74 Å². The molecule has 0 saturated carbocycles. The summed E-state index contributed by atoms with van der Waals surface area (Å²) in [6.45, 7) is 9.82. The van der Waals surface area contributed by atoms with Crippen LogP contribution in [0.25, 0.3) is 0 Å². The van der Waals surface area contributed by atoms with Crippen LogP contribution in [-0.2, 0) is 16.1 Å². The molecular weight excluding hydrogens is 356 g/mol. The minimum absolute atomic E-state index is 0.135. The minimum Gasteiger partial charge on any atom is -0.375 e. The molecule has 2 fully saturated rings. The molecule has 8 heteroatoms. The van der Waals surface area contributed by atoms with Gasteiger partial charge in [-0.15, -0.1) is 0 Å². The number of hydrogen-bond donors (Lipinski definition) is 2. The molecule has 0 bridgehead atoms. The van der Waals surface area contributed by atoms with E-state index in [1.807, 2.05) is 24.1 Å². The number of amides is 1. The molecule has 2 aliphatic rings. The largest absolute Gasteiger partial charge is 0.375 e. The van der Waals surface area contributed by atoms with Gasteiger partial charge in [-0.1, -0.05) is 0 Å². The van der Waals surface area contributed by atoms with E-state index in [-0.39, 0.29) is 18.6 Å². The summed E-state index contributed by atoms with van der Waals surface area (Å²) in [4.78, 5) is 25.5. The Balaban J connectivity index is 1.57. The maximum Gasteiger partial charge on any atom is 0.241 e. The van der Waals surface area contributed by atoms with Crippen molar-refractivity contribution in [3.05, 3.63) is 23.9 Å². The van der Waals surface area contributed by atoms with Crippen LogP contribution in [0.4, 0.5) is 5.82 Å². The Morgan fingerprint density at radius 1 is 1.32 bits per heavy atom. The van der Waals surface area contributed by atoms with E-state index in [0.717, 1.165) is 63.6 Å². The first-order valence-corrected chi connectivity index (χ1v) is 10.3. The average molecular weight is 389 g/mol. The summed E-state index contributed by atoms with van der Waals surface area (Å²) in [5.41, 5.74) is 1.09. The molecule has 1 aromatic rings. The Morgan fingerprint density at radius 3 is 2.89 bits per heavy atom. The number of guanidine groups is 1. The monoisotopic (exact) mass is 388 g/mol. The van der Waals surface area contributed by atoms with Gasteiger partial charge >= 0.3 is 0 Å². The molecule has 3 rings (SSSR count). The van der Waals surface area contributed by atoms with Gasteiger partial charge in [0.25, 0.3) is 0 Å². The summed E-state index contributed by atoms with van der Waals surface area (Å²) in [5.74, 6) is 1.76. The van der Waals surface area contributed by atoms with Crippen LogP contribution < -0.4 is 15.5 Å². The molecule has 0 aromatic carbocycles. The third kappa shape index (κ3) is 5.82. The van der Waals surface area contributed by atoms with Crippen molar-refractivity contribution in [1.82, 2.24) is 20.5 Å². The summed E-state index contributed by atoms with van der Waals surface area (Å²) in [5, 5.41) is 6.36. The van der Waals surface area contributed by atoms with Gasteiger partial charge in [0.15, 0.2) is 5.96 Å². The molecule has 2 aliphatic heterocycles. The lowest BCUT2D eigenvalue weighted by Gasteiger charge is -2.32. The van der Waals surface area contributed by atoms with Crippen molar-refractivity contribution in [3.63, 3.8) is 0 Å². The smallest absolute Gasteiger partial charge is 0.241 e. The molecule has 1 atom stereocenters. The Labute approximate surface area is 167 Å². The molecule has 0 radical (unpaired) electrons. The second-order valence-electron chi connectivity index (χ2n) is 7.29. The van der Waals surface area contributed by atoms with Crippen molar-refractivity contribution < 1.29 is 9.53 Å². The SMILES string of the molecule is CCNC(=NCc1ccnc(N2CCOC(C)C2)c1)NCC(=O)N1CCCC1. The number of nitrogens with zero attached hydrogens (tertiary/aromatic N) is 4. The van der Waals surface area contributed by atoms with Crippen LogP contribution in [0.3, 0.4) is 0 Å². The van der Waals surface area contributed by atoms with Gasteiger partial charge in [-0.25, -0.2) is 9.98 Å². The van der Waals surface area contributed by atoms with Crippen molar-refractivity contribution in [2.45, 2.75) is 39.3 Å². The molecule has 28 heavy (non-hydrogen) atoms. The van der Waals surface area contributed by atoms with Gasteiger partial charge < -0.3 is 25.2 Å². The lowest BCUT2D eigenvalue weighted by atomic mass is 10.2. The van der Waals surface area contributed by atoms with E-state index in [1.54, 1.807) is 0 Å². The van der Waals surface area contributed by atoms with E-state index in [2.05, 4.69) is 38.5 Å². The zero-order valence-electron chi connectivity index (χ0n) is 17.0. The van der Waals surface area contributed by atoms with Crippen molar-refractivity contribution >= 4 is 17.7 Å². The zero-order valence-corrected chi connectivity index (χ0v) is 17.0. The molecule has 3 heterocycles. The Hall–Kier alpha value is -2.35. The summed E-state index contributed by atoms with van der Waals surface area (Å²) in [6, 6.07) is 4.07. The molecular formula is C20H32N6O2. The normalized spacial score (nSPS) is 20.4. The van der Waals surface area contributed by atoms with Crippen LogP contribution in [0.2, 0.25) is 0 Å². The number of ether oxygens (including phenoxy) is 1. The number of carbonyl (C=O) groups is 1. The lowest BCUT2D eigenvalue weighted by molar-refractivity contribution is -0.128. The van der Waals surface area contributed by atoms with Crippen molar-refractivity contribution in [2.75, 3.05) is 50.8 Å². The van der Waals surface area contributed by atoms with E-state index >= 15 is 0 Å². The number of rotatable bonds is 6. The lowest BCUT2D eigenvalue weighted by Crippen LogP contribution is -2.44. The first-order valence-electron chi connectivity index (χ1n) is 10.3. The summed E-state index contributed by atoms with van der Waals surface area (Å²) in [7, 11) is 0. The van der Waals surface area contributed by atoms with Crippen molar-refractivity contribution in [2.24, 2.45) is 4.99 Å². The van der Waals surface area contributed by atoms with Crippen LogP contribution in [0.15, 0.2) is 23.3 Å². The van der Waals surface area contributed by atoms with Gasteiger partial charge in [0.1, 0.15) is 5.82 Å². The maximum absolute atomic E-state index is 12.2. The third-order valence-electron chi connectivity index (χ3n) is 5.00. The van der Waals surface area contributed by atoms with Gasteiger partial charge in [-0.05, 0) is 44.4 Å². The van der Waals surface area contributed by atoms with E-state index in [1.165, 1.54) is 0 Å². The van der Waals surface area contributed by atoms with E-state index < -0.39 is 0 Å². The second kappa shape index (κ2) is 10.3. The fraction of sp³-hybridized carbons (Fsp3) is 0.650. The van der Waals surface area contributed by atoms with Gasteiger partial charge in [-0.2, -0.15) is 0 Å². The molecule has 2 saturated heterocycles. The molecule has 1 aromatic heterocycles. The van der Waals surface area contributed by atoms with Crippen LogP contribution in [-0.4, -0.2) is 73.7 Å². The Morgan fingerprint density at radius 2 is 2.14 bits per heavy atom. The maximum atomic E-state index is 12.2. The molecule has 0 aliphatic carbocycles. The standard InChI is InChI=1S/C20H32N6O2/c1-3-21-20(24-14-19(27)25-8-4-5-9-25)23-13-17-6-7-22-18(12-17)26-10-11-28-16(2)15-26/h6-7,12,16H,3-5,8-11,13-15H2,1-2H3,(H2,21,23,24). The average Bonchev–Trinajstić information content (AvgIpc) is 3.25. The number of aliphatic imine (C=N–C) groups is 1. The number of pyridine rings is 1. The summed E-state index contributed by atoms with van der Waals surface area (Å²) >= 11 is 0. The number of aromatic nitrogens is 1. The number of nitrogens with one attached hydrogen (secondary N) is 2. The number of morpholine rings is 1. The Kier molecular flexibility index (Phi) is 7.47. The number of carbonyl (C=O) groups excluding carboxylic acids is 1. The van der Waals surface area contributed by atoms with Crippen LogP contribution in [0, 0.1) is 0 Å². The van der Waals surface area contributed by atoms with Gasteiger partial charge in [0.05, 0.1) is 25.8 Å². The second-order valence-corrected chi connectivity index (χ2v) is 7.29. The van der Waals surface area contributed by atoms with Crippen LogP contribution in [0.5, 0.6) is 0 Å². The predicted molar refractivity (Wildman–Crippen MR) is 110 cm³/mol. The molecule has 2 N–H and O–H groups in total. The van der Waals surface area contributed by atoms with Crippen LogP contribution >= 0.6 is 0 Å². The Bertz CT molecular complexity index is 674. The first-order chi connectivity index (χ1) is 13.7. The van der Waals surface area contributed by atoms with Crippen LogP contribution in [0.1, 0.15) is 32.3 Å². The zero-order chi connectivity index (χ0) is 19.8. The quantitative estimate of drug-likeness (QED) is 0.559. The highest BCUT2D eigenvalue weighted by atomic mass is 16.5. The third-order valence-corrected chi connectivity index (χ3v) is 5.00. The van der Waals surface area contributed by atoms with E-state index in [9.17, 15) is 4.79 Å². The summed E-state index contributed by atoms with van der Waals surface area (Å²) < 4.78 is 5.61. The molecule has 8 nitrogen and oxygen atoms in total. The fourth-order valence-corrected chi connectivity index (χ4v) is 3.51. The fourth-order valence-electron chi connectivity index (χ4n) is 3.51. The first kappa shape index (κ1) is 20.4. The number of anilines is 1. The molecule has 154 valence electrons. The summed E-state index contributed by atoms with van der Waals surface area (Å²) in [6.07, 6.45) is 4.26. The highest BCUT2D eigenvalue weighted by Gasteiger charge is 2.19. The predicted octanol–water partition coefficient (Wildman–Crippen LogP) is 0.984. The van der Waals surface area contributed by atoms with Gasteiger partial charge in [0, 0.05) is 38.9 Å². The molecule has 0 spiro atoms. The molecule has 1 unspecified atom stereocenters. The van der Waals surface area contributed by atoms with E-state index in [0.29, 0.717) is 12.5 Å².